The zero-order valence-electron chi connectivity index (χ0n) is 11.5. The van der Waals surface area contributed by atoms with Gasteiger partial charge in [-0.05, 0) is 18.2 Å². The van der Waals surface area contributed by atoms with Gasteiger partial charge in [0.15, 0.2) is 9.84 Å². The molecule has 1 atom stereocenters. The zero-order chi connectivity index (χ0) is 15.6. The van der Waals surface area contributed by atoms with Gasteiger partial charge in [-0.2, -0.15) is 0 Å². The van der Waals surface area contributed by atoms with Crippen molar-refractivity contribution in [2.24, 2.45) is 0 Å². The maximum atomic E-state index is 12.4. The van der Waals surface area contributed by atoms with Gasteiger partial charge in [0.05, 0.1) is 29.2 Å². The smallest absolute Gasteiger partial charge is 0.254 e. The van der Waals surface area contributed by atoms with Crippen LogP contribution in [0.3, 0.4) is 0 Å². The number of carbonyl (C=O) groups is 1. The van der Waals surface area contributed by atoms with E-state index in [-0.39, 0.29) is 34.5 Å². The summed E-state index contributed by atoms with van der Waals surface area (Å²) in [5, 5.41) is 9.18. The number of benzene rings is 1. The molecule has 1 heterocycles. The van der Waals surface area contributed by atoms with Gasteiger partial charge < -0.3 is 14.7 Å². The van der Waals surface area contributed by atoms with Crippen molar-refractivity contribution in [1.29, 1.82) is 0 Å². The molecule has 1 aliphatic rings. The second kappa shape index (κ2) is 6.31. The minimum absolute atomic E-state index is 0.0676. The molecular weight excluding hydrogens is 318 g/mol. The first-order valence-corrected chi connectivity index (χ1v) is 8.61. The highest BCUT2D eigenvalue weighted by molar-refractivity contribution is 7.90. The molecule has 0 spiro atoms. The number of aliphatic hydroxyl groups excluding tert-OH is 1. The van der Waals surface area contributed by atoms with Gasteiger partial charge in [0, 0.05) is 24.9 Å². The summed E-state index contributed by atoms with van der Waals surface area (Å²) in [6.45, 7) is 0.834. The maximum Gasteiger partial charge on any atom is 0.254 e. The lowest BCUT2D eigenvalue weighted by molar-refractivity contribution is -0.0447. The van der Waals surface area contributed by atoms with Crippen LogP contribution in [0.15, 0.2) is 23.1 Å². The SMILES string of the molecule is CS(=O)(=O)c1cc(C(=O)N2CCOC(CO)C2)ccc1Cl. The summed E-state index contributed by atoms with van der Waals surface area (Å²) in [4.78, 5) is 13.9. The van der Waals surface area contributed by atoms with E-state index >= 15 is 0 Å². The average molecular weight is 334 g/mol. The summed E-state index contributed by atoms with van der Waals surface area (Å²) in [7, 11) is -3.50. The molecule has 1 fully saturated rings. The van der Waals surface area contributed by atoms with Gasteiger partial charge in [0.1, 0.15) is 0 Å². The van der Waals surface area contributed by atoms with Crippen LogP contribution in [0.4, 0.5) is 0 Å². The molecule has 6 nitrogen and oxygen atoms in total. The molecule has 1 aliphatic heterocycles. The summed E-state index contributed by atoms with van der Waals surface area (Å²) in [5.74, 6) is -0.307. The van der Waals surface area contributed by atoms with Crippen molar-refractivity contribution in [3.63, 3.8) is 0 Å². The third-order valence-electron chi connectivity index (χ3n) is 3.21. The molecule has 0 bridgehead atoms. The molecule has 116 valence electrons. The lowest BCUT2D eigenvalue weighted by atomic mass is 10.1. The Morgan fingerprint density at radius 1 is 1.52 bits per heavy atom. The lowest BCUT2D eigenvalue weighted by Crippen LogP contribution is -2.46. The van der Waals surface area contributed by atoms with E-state index in [9.17, 15) is 13.2 Å². The largest absolute Gasteiger partial charge is 0.394 e. The Balaban J connectivity index is 2.28. The first kappa shape index (κ1) is 16.2. The average Bonchev–Trinajstić information content (AvgIpc) is 2.46. The monoisotopic (exact) mass is 333 g/mol. The van der Waals surface area contributed by atoms with E-state index in [1.54, 1.807) is 0 Å². The predicted molar refractivity (Wildman–Crippen MR) is 77.3 cm³/mol. The van der Waals surface area contributed by atoms with Gasteiger partial charge in [-0.3, -0.25) is 4.79 Å². The molecule has 1 saturated heterocycles. The van der Waals surface area contributed by atoms with Crippen molar-refractivity contribution in [1.82, 2.24) is 4.90 Å². The number of ether oxygens (including phenoxy) is 1. The van der Waals surface area contributed by atoms with Crippen LogP contribution in [-0.2, 0) is 14.6 Å². The van der Waals surface area contributed by atoms with Gasteiger partial charge in [-0.15, -0.1) is 0 Å². The summed E-state index contributed by atoms with van der Waals surface area (Å²) >= 11 is 5.86. The highest BCUT2D eigenvalue weighted by Crippen LogP contribution is 2.23. The van der Waals surface area contributed by atoms with Crippen LogP contribution in [0.5, 0.6) is 0 Å². The van der Waals surface area contributed by atoms with Crippen molar-refractivity contribution in [3.05, 3.63) is 28.8 Å². The first-order chi connectivity index (χ1) is 9.82. The van der Waals surface area contributed by atoms with Crippen molar-refractivity contribution in [2.75, 3.05) is 32.6 Å². The molecule has 1 aromatic rings. The molecule has 8 heteroatoms. The van der Waals surface area contributed by atoms with Gasteiger partial charge in [-0.1, -0.05) is 11.6 Å². The molecule has 21 heavy (non-hydrogen) atoms. The van der Waals surface area contributed by atoms with E-state index in [4.69, 9.17) is 21.4 Å². The molecule has 1 amide bonds. The number of aliphatic hydroxyl groups is 1. The van der Waals surface area contributed by atoms with E-state index < -0.39 is 15.9 Å². The van der Waals surface area contributed by atoms with Crippen LogP contribution in [0, 0.1) is 0 Å². The van der Waals surface area contributed by atoms with Gasteiger partial charge in [0.2, 0.25) is 0 Å². The molecule has 1 unspecified atom stereocenters. The lowest BCUT2D eigenvalue weighted by Gasteiger charge is -2.32. The summed E-state index contributed by atoms with van der Waals surface area (Å²) in [5.41, 5.74) is 0.249. The molecule has 1 N–H and O–H groups in total. The standard InChI is InChI=1S/C13H16ClNO5S/c1-21(18,19)12-6-9(2-3-11(12)14)13(17)15-4-5-20-10(7-15)8-16/h2-3,6,10,16H,4-5,7-8H2,1H3. The number of halogens is 1. The molecule has 1 aromatic carbocycles. The summed E-state index contributed by atoms with van der Waals surface area (Å²) < 4.78 is 28.6. The van der Waals surface area contributed by atoms with E-state index in [0.717, 1.165) is 6.26 Å². The van der Waals surface area contributed by atoms with Crippen molar-refractivity contribution < 1.29 is 23.1 Å². The number of hydrogen-bond donors (Lipinski definition) is 1. The zero-order valence-corrected chi connectivity index (χ0v) is 13.0. The number of nitrogens with zero attached hydrogens (tertiary/aromatic N) is 1. The van der Waals surface area contributed by atoms with Crippen molar-refractivity contribution in [3.8, 4) is 0 Å². The fraction of sp³-hybridized carbons (Fsp3) is 0.462. The van der Waals surface area contributed by atoms with Gasteiger partial charge in [0.25, 0.3) is 5.91 Å². The fourth-order valence-electron chi connectivity index (χ4n) is 2.12. The minimum Gasteiger partial charge on any atom is -0.394 e. The normalized spacial score (nSPS) is 19.6. The maximum absolute atomic E-state index is 12.4. The van der Waals surface area contributed by atoms with Gasteiger partial charge >= 0.3 is 0 Å². The third-order valence-corrected chi connectivity index (χ3v) is 4.79. The fourth-order valence-corrected chi connectivity index (χ4v) is 3.42. The number of rotatable bonds is 3. The Kier molecular flexibility index (Phi) is 4.88. The topological polar surface area (TPSA) is 83.9 Å². The van der Waals surface area contributed by atoms with Gasteiger partial charge in [-0.25, -0.2) is 8.42 Å². The Bertz CT molecular complexity index is 646. The van der Waals surface area contributed by atoms with E-state index in [1.807, 2.05) is 0 Å². The van der Waals surface area contributed by atoms with Crippen molar-refractivity contribution >= 4 is 27.3 Å². The number of carbonyl (C=O) groups excluding carboxylic acids is 1. The molecule has 0 aromatic heterocycles. The highest BCUT2D eigenvalue weighted by Gasteiger charge is 2.25. The Morgan fingerprint density at radius 3 is 2.86 bits per heavy atom. The van der Waals surface area contributed by atoms with Crippen LogP contribution < -0.4 is 0 Å². The van der Waals surface area contributed by atoms with Crippen molar-refractivity contribution in [2.45, 2.75) is 11.0 Å². The molecular formula is C13H16ClNO5S. The second-order valence-corrected chi connectivity index (χ2v) is 7.24. The van der Waals surface area contributed by atoms with Crippen LogP contribution >= 0.6 is 11.6 Å². The van der Waals surface area contributed by atoms with Crippen LogP contribution in [0.1, 0.15) is 10.4 Å². The number of sulfone groups is 1. The first-order valence-electron chi connectivity index (χ1n) is 6.34. The Morgan fingerprint density at radius 2 is 2.24 bits per heavy atom. The van der Waals surface area contributed by atoms with Crippen LogP contribution in [0.2, 0.25) is 5.02 Å². The molecule has 2 rings (SSSR count). The summed E-state index contributed by atoms with van der Waals surface area (Å²) in [6.07, 6.45) is 0.628. The highest BCUT2D eigenvalue weighted by atomic mass is 35.5. The molecule has 0 radical (unpaired) electrons. The number of amides is 1. The van der Waals surface area contributed by atoms with E-state index in [0.29, 0.717) is 13.2 Å². The van der Waals surface area contributed by atoms with E-state index in [1.165, 1.54) is 23.1 Å². The second-order valence-electron chi connectivity index (χ2n) is 4.84. The predicted octanol–water partition coefficient (Wildman–Crippen LogP) is 0.577. The van der Waals surface area contributed by atoms with Crippen LogP contribution in [0.25, 0.3) is 0 Å². The quantitative estimate of drug-likeness (QED) is 0.874. The van der Waals surface area contributed by atoms with Crippen LogP contribution in [-0.4, -0.2) is 63.0 Å². The number of hydrogen-bond acceptors (Lipinski definition) is 5. The number of morpholine rings is 1. The van der Waals surface area contributed by atoms with E-state index in [2.05, 4.69) is 0 Å². The molecule has 0 aliphatic carbocycles. The minimum atomic E-state index is -3.50. The third kappa shape index (κ3) is 3.74. The Labute approximate surface area is 128 Å². The molecule has 0 saturated carbocycles. The summed E-state index contributed by atoms with van der Waals surface area (Å²) in [6, 6.07) is 4.17. The Hall–Kier alpha value is -1.15.